The first-order chi connectivity index (χ1) is 7.74. The van der Waals surface area contributed by atoms with Crippen molar-refractivity contribution in [2.75, 3.05) is 6.54 Å². The monoisotopic (exact) mass is 406 g/mol. The van der Waals surface area contributed by atoms with Crippen LogP contribution in [0.4, 0.5) is 0 Å². The van der Waals surface area contributed by atoms with Crippen LogP contribution in [0.25, 0.3) is 0 Å². The van der Waals surface area contributed by atoms with Crippen molar-refractivity contribution in [3.63, 3.8) is 0 Å². The average molecular weight is 408 g/mol. The zero-order valence-electron chi connectivity index (χ0n) is 8.18. The number of hydrogen-bond donors (Lipinski definition) is 3. The lowest BCUT2D eigenvalue weighted by Crippen LogP contribution is -2.42. The third kappa shape index (κ3) is 4.00. The molecular weight excluding hydrogens is 400 g/mol. The van der Waals surface area contributed by atoms with Gasteiger partial charge in [0.2, 0.25) is 10.0 Å². The van der Waals surface area contributed by atoms with Gasteiger partial charge in [0.15, 0.2) is 0 Å². The van der Waals surface area contributed by atoms with Gasteiger partial charge in [-0.3, -0.25) is 4.79 Å². The molecule has 1 unspecified atom stereocenters. The number of rotatable bonds is 5. The van der Waals surface area contributed by atoms with Gasteiger partial charge in [0.05, 0.1) is 7.57 Å². The zero-order chi connectivity index (χ0) is 13.2. The normalized spacial score (nSPS) is 13.6. The van der Waals surface area contributed by atoms with Gasteiger partial charge in [-0.05, 0) is 37.9 Å². The van der Waals surface area contributed by atoms with Crippen molar-refractivity contribution in [1.29, 1.82) is 0 Å². The van der Waals surface area contributed by atoms with Crippen molar-refractivity contribution in [3.05, 3.63) is 13.6 Å². The van der Waals surface area contributed by atoms with Crippen molar-refractivity contribution in [3.8, 4) is 0 Å². The molecule has 4 N–H and O–H groups in total. The van der Waals surface area contributed by atoms with E-state index < -0.39 is 22.0 Å². The van der Waals surface area contributed by atoms with Gasteiger partial charge in [-0.1, -0.05) is 0 Å². The molecule has 0 aromatic carbocycles. The van der Waals surface area contributed by atoms with Crippen LogP contribution < -0.4 is 10.5 Å². The van der Waals surface area contributed by atoms with Crippen LogP contribution in [0.3, 0.4) is 0 Å². The second-order valence-electron chi connectivity index (χ2n) is 2.99. The Morgan fingerprint density at radius 3 is 2.59 bits per heavy atom. The summed E-state index contributed by atoms with van der Waals surface area (Å²) in [5.41, 5.74) is 5.20. The summed E-state index contributed by atoms with van der Waals surface area (Å²) in [5.74, 6) is -1.27. The Hall–Kier alpha value is -0.000000000000000111. The lowest BCUT2D eigenvalue weighted by molar-refractivity contribution is -0.138. The van der Waals surface area contributed by atoms with Crippen LogP contribution in [0.15, 0.2) is 18.5 Å². The molecule has 1 heterocycles. The molecule has 0 radical (unpaired) electrons. The number of nitrogens with one attached hydrogen (secondary N) is 1. The minimum atomic E-state index is -3.76. The Morgan fingerprint density at radius 1 is 1.59 bits per heavy atom. The lowest BCUT2D eigenvalue weighted by Gasteiger charge is -2.08. The van der Waals surface area contributed by atoms with E-state index in [1.807, 2.05) is 0 Å². The summed E-state index contributed by atoms with van der Waals surface area (Å²) in [6.45, 7) is -0.364. The maximum Gasteiger partial charge on any atom is 0.321 e. The standard InChI is InChI=1S/C7H8Br2N2O4S2/c8-5-1-4(6(9)16-5)17(14,15)11-2-3(10)7(12)13/h1,3,11H,2,10H2,(H,12,13). The molecule has 0 amide bonds. The molecule has 1 rings (SSSR count). The first-order valence-electron chi connectivity index (χ1n) is 4.17. The first kappa shape index (κ1) is 15.1. The Labute approximate surface area is 119 Å². The maximum absolute atomic E-state index is 11.8. The Balaban J connectivity index is 2.83. The zero-order valence-corrected chi connectivity index (χ0v) is 13.0. The molecule has 17 heavy (non-hydrogen) atoms. The number of aliphatic carboxylic acids is 1. The smallest absolute Gasteiger partial charge is 0.321 e. The summed E-state index contributed by atoms with van der Waals surface area (Å²) < 4.78 is 26.8. The number of halogens is 2. The minimum Gasteiger partial charge on any atom is -0.480 e. The molecule has 1 atom stereocenters. The fraction of sp³-hybridized carbons (Fsp3) is 0.286. The highest BCUT2D eigenvalue weighted by Crippen LogP contribution is 2.34. The van der Waals surface area contributed by atoms with E-state index in [2.05, 4.69) is 36.6 Å². The highest BCUT2D eigenvalue weighted by molar-refractivity contribution is 9.12. The summed E-state index contributed by atoms with van der Waals surface area (Å²) in [7, 11) is -3.76. The number of sulfonamides is 1. The third-order valence-electron chi connectivity index (χ3n) is 1.73. The molecule has 0 fully saturated rings. The van der Waals surface area contributed by atoms with Gasteiger partial charge >= 0.3 is 5.97 Å². The minimum absolute atomic E-state index is 0.0481. The summed E-state index contributed by atoms with van der Waals surface area (Å²) in [5, 5.41) is 8.53. The molecule has 0 aliphatic carbocycles. The number of hydrogen-bond acceptors (Lipinski definition) is 5. The van der Waals surface area contributed by atoms with Gasteiger partial charge in [-0.2, -0.15) is 0 Å². The SMILES string of the molecule is NC(CNS(=O)(=O)c1cc(Br)sc1Br)C(=O)O. The largest absolute Gasteiger partial charge is 0.480 e. The van der Waals surface area contributed by atoms with Crippen molar-refractivity contribution in [1.82, 2.24) is 4.72 Å². The highest BCUT2D eigenvalue weighted by Gasteiger charge is 2.22. The molecule has 0 saturated heterocycles. The van der Waals surface area contributed by atoms with Crippen molar-refractivity contribution >= 4 is 59.2 Å². The fourth-order valence-electron chi connectivity index (χ4n) is 0.873. The lowest BCUT2D eigenvalue weighted by atomic mass is 10.3. The van der Waals surface area contributed by atoms with E-state index >= 15 is 0 Å². The molecule has 0 saturated carbocycles. The van der Waals surface area contributed by atoms with Crippen molar-refractivity contribution in [2.45, 2.75) is 10.9 Å². The number of nitrogens with two attached hydrogens (primary N) is 1. The predicted molar refractivity (Wildman–Crippen MR) is 70.5 cm³/mol. The number of thiophene rings is 1. The quantitative estimate of drug-likeness (QED) is 0.673. The second-order valence-corrected chi connectivity index (χ2v) is 8.47. The van der Waals surface area contributed by atoms with E-state index in [0.717, 1.165) is 0 Å². The molecule has 0 bridgehead atoms. The van der Waals surface area contributed by atoms with Gasteiger partial charge in [0.1, 0.15) is 10.9 Å². The molecule has 1 aromatic heterocycles. The first-order valence-corrected chi connectivity index (χ1v) is 8.05. The number of carboxylic acid groups (broad SMARTS) is 1. The molecule has 1 aromatic rings. The number of carbonyl (C=O) groups is 1. The topological polar surface area (TPSA) is 109 Å². The van der Waals surface area contributed by atoms with Gasteiger partial charge < -0.3 is 10.8 Å². The van der Waals surface area contributed by atoms with Crippen LogP contribution >= 0.6 is 43.2 Å². The molecule has 6 nitrogen and oxygen atoms in total. The van der Waals surface area contributed by atoms with Gasteiger partial charge in [-0.15, -0.1) is 11.3 Å². The van der Waals surface area contributed by atoms with E-state index in [9.17, 15) is 13.2 Å². The molecule has 0 aliphatic rings. The Bertz CT molecular complexity index is 528. The average Bonchev–Trinajstić information content (AvgIpc) is 2.55. The summed E-state index contributed by atoms with van der Waals surface area (Å²) in [6, 6.07) is 0.147. The van der Waals surface area contributed by atoms with Crippen molar-refractivity contribution in [2.24, 2.45) is 5.73 Å². The summed E-state index contributed by atoms with van der Waals surface area (Å²) in [4.78, 5) is 10.5. The maximum atomic E-state index is 11.8. The summed E-state index contributed by atoms with van der Waals surface area (Å²) >= 11 is 7.47. The second kappa shape index (κ2) is 5.76. The van der Waals surface area contributed by atoms with E-state index in [1.165, 1.54) is 17.4 Å². The molecular formula is C7H8Br2N2O4S2. The Morgan fingerprint density at radius 2 is 2.18 bits per heavy atom. The van der Waals surface area contributed by atoms with Crippen LogP contribution in [0.5, 0.6) is 0 Å². The van der Waals surface area contributed by atoms with E-state index in [4.69, 9.17) is 10.8 Å². The third-order valence-corrected chi connectivity index (χ3v) is 5.90. The molecule has 10 heteroatoms. The van der Waals surface area contributed by atoms with E-state index in [0.29, 0.717) is 7.57 Å². The van der Waals surface area contributed by atoms with E-state index in [-0.39, 0.29) is 11.4 Å². The van der Waals surface area contributed by atoms with E-state index in [1.54, 1.807) is 0 Å². The number of carboxylic acids is 1. The predicted octanol–water partition coefficient (Wildman–Crippen LogP) is 0.963. The van der Waals surface area contributed by atoms with Gasteiger partial charge in [0.25, 0.3) is 0 Å². The van der Waals surface area contributed by atoms with Gasteiger partial charge in [-0.25, -0.2) is 13.1 Å². The fourth-order valence-corrected chi connectivity index (χ4v) is 5.74. The molecule has 96 valence electrons. The van der Waals surface area contributed by atoms with Crippen LogP contribution in [-0.4, -0.2) is 32.1 Å². The highest BCUT2D eigenvalue weighted by atomic mass is 79.9. The van der Waals surface area contributed by atoms with Crippen molar-refractivity contribution < 1.29 is 18.3 Å². The Kier molecular flexibility index (Phi) is 5.10. The van der Waals surface area contributed by atoms with Crippen LogP contribution in [0, 0.1) is 0 Å². The van der Waals surface area contributed by atoms with Crippen LogP contribution in [0.2, 0.25) is 0 Å². The van der Waals surface area contributed by atoms with Crippen LogP contribution in [-0.2, 0) is 14.8 Å². The van der Waals surface area contributed by atoms with Crippen LogP contribution in [0.1, 0.15) is 0 Å². The van der Waals surface area contributed by atoms with Gasteiger partial charge in [0, 0.05) is 6.54 Å². The molecule has 0 spiro atoms. The molecule has 0 aliphatic heterocycles. The summed E-state index contributed by atoms with van der Waals surface area (Å²) in [6.07, 6.45) is 0.